The van der Waals surface area contributed by atoms with E-state index in [0.717, 1.165) is 43.3 Å². The maximum atomic E-state index is 13.9. The lowest BCUT2D eigenvalue weighted by Gasteiger charge is -2.43. The van der Waals surface area contributed by atoms with Crippen molar-refractivity contribution >= 4 is 52.2 Å². The summed E-state index contributed by atoms with van der Waals surface area (Å²) in [5.41, 5.74) is 0.526. The number of ether oxygens (including phenoxy) is 1. The summed E-state index contributed by atoms with van der Waals surface area (Å²) in [5, 5.41) is 1.33. The molecule has 0 spiro atoms. The molecule has 5 unspecified atom stereocenters. The minimum atomic E-state index is -4.71. The monoisotopic (exact) mass is 668 g/mol. The van der Waals surface area contributed by atoms with Crippen LogP contribution in [0.3, 0.4) is 0 Å². The Bertz CT molecular complexity index is 1890. The maximum Gasteiger partial charge on any atom is 0.418 e. The molecule has 1 aromatic heterocycles. The molecule has 0 radical (unpaired) electrons. The van der Waals surface area contributed by atoms with Crippen molar-refractivity contribution in [2.75, 3.05) is 4.90 Å². The molecule has 7 atom stereocenters. The van der Waals surface area contributed by atoms with Gasteiger partial charge >= 0.3 is 11.0 Å². The van der Waals surface area contributed by atoms with Crippen molar-refractivity contribution < 1.29 is 27.5 Å². The molecule has 3 heterocycles. The van der Waals surface area contributed by atoms with Crippen LogP contribution in [0.5, 0.6) is 5.75 Å². The summed E-state index contributed by atoms with van der Waals surface area (Å²) in [6.07, 6.45) is -4.07. The topological polar surface area (TPSA) is 79.5 Å². The molecule has 1 saturated heterocycles. The van der Waals surface area contributed by atoms with Crippen LogP contribution in [0, 0.1) is 29.6 Å². The van der Waals surface area contributed by atoms with E-state index in [-0.39, 0.29) is 33.8 Å². The summed E-state index contributed by atoms with van der Waals surface area (Å²) < 4.78 is 47.8. The van der Waals surface area contributed by atoms with E-state index >= 15 is 0 Å². The molecule has 2 amide bonds. The number of H-pyrrole nitrogens is 1. The predicted molar refractivity (Wildman–Crippen MR) is 165 cm³/mol. The first-order valence-corrected chi connectivity index (χ1v) is 16.6. The van der Waals surface area contributed by atoms with Gasteiger partial charge in [-0.2, -0.15) is 13.2 Å². The highest BCUT2D eigenvalue weighted by atomic mass is 35.5. The molecule has 2 aliphatic carbocycles. The van der Waals surface area contributed by atoms with Crippen molar-refractivity contribution in [1.82, 2.24) is 4.98 Å². The second-order valence-electron chi connectivity index (χ2n) is 12.0. The number of halogens is 4. The maximum absolute atomic E-state index is 13.9. The molecule has 6 nitrogen and oxygen atoms in total. The lowest BCUT2D eigenvalue weighted by atomic mass is 9.68. The van der Waals surface area contributed by atoms with Gasteiger partial charge in [0.15, 0.2) is 0 Å². The average Bonchev–Trinajstić information content (AvgIpc) is 3.75. The SMILES string of the molecule is O=C1C2C(C(=O)N1c1ccccc1C(F)(F)F)[C@@H]1C[C@H]2C2Sc3[nH]c(=O)sc3C(c3ccc(OCc4ccc(Cl)cc4)cc3)C21. The summed E-state index contributed by atoms with van der Waals surface area (Å²) in [7, 11) is 0. The number of imide groups is 1. The molecule has 12 heteroatoms. The van der Waals surface area contributed by atoms with Gasteiger partial charge in [0.25, 0.3) is 0 Å². The lowest BCUT2D eigenvalue weighted by Crippen LogP contribution is -2.42. The Labute approximate surface area is 268 Å². The first-order chi connectivity index (χ1) is 21.6. The highest BCUT2D eigenvalue weighted by molar-refractivity contribution is 8.00. The van der Waals surface area contributed by atoms with Gasteiger partial charge < -0.3 is 9.72 Å². The first-order valence-electron chi connectivity index (χ1n) is 14.5. The Morgan fingerprint density at radius 3 is 2.31 bits per heavy atom. The summed E-state index contributed by atoms with van der Waals surface area (Å²) in [5.74, 6) is -2.54. The number of aromatic amines is 1. The van der Waals surface area contributed by atoms with Crippen LogP contribution in [-0.4, -0.2) is 22.0 Å². The number of benzene rings is 3. The number of hydrogen-bond donors (Lipinski definition) is 1. The van der Waals surface area contributed by atoms with Crippen molar-refractivity contribution in [3.8, 4) is 5.75 Å². The van der Waals surface area contributed by atoms with Crippen LogP contribution in [0.2, 0.25) is 5.02 Å². The van der Waals surface area contributed by atoms with Gasteiger partial charge in [0, 0.05) is 21.1 Å². The predicted octanol–water partition coefficient (Wildman–Crippen LogP) is 7.37. The van der Waals surface area contributed by atoms with Crippen LogP contribution < -0.4 is 14.5 Å². The summed E-state index contributed by atoms with van der Waals surface area (Å²) in [6, 6.07) is 19.9. The zero-order valence-corrected chi connectivity index (χ0v) is 25.7. The molecule has 8 rings (SSSR count). The van der Waals surface area contributed by atoms with Crippen molar-refractivity contribution in [3.05, 3.63) is 109 Å². The van der Waals surface area contributed by atoms with Crippen LogP contribution >= 0.6 is 34.7 Å². The highest BCUT2D eigenvalue weighted by Gasteiger charge is 2.70. The zero-order chi connectivity index (χ0) is 31.2. The molecule has 45 heavy (non-hydrogen) atoms. The fraction of sp³-hybridized carbons (Fsp3) is 0.303. The van der Waals surface area contributed by atoms with E-state index in [1.165, 1.54) is 30.0 Å². The van der Waals surface area contributed by atoms with Crippen molar-refractivity contribution in [3.63, 3.8) is 0 Å². The van der Waals surface area contributed by atoms with Gasteiger partial charge in [-0.3, -0.25) is 14.4 Å². The van der Waals surface area contributed by atoms with Gasteiger partial charge in [-0.05, 0) is 71.7 Å². The number of carbonyl (C=O) groups excluding carboxylic acids is 2. The number of thiazole rings is 1. The Morgan fingerprint density at radius 1 is 0.911 bits per heavy atom. The van der Waals surface area contributed by atoms with Crippen LogP contribution in [0.15, 0.2) is 82.6 Å². The number of amides is 2. The Kier molecular flexibility index (Phi) is 6.74. The summed E-state index contributed by atoms with van der Waals surface area (Å²) in [6.45, 7) is 0.363. The van der Waals surface area contributed by atoms with E-state index in [4.69, 9.17) is 16.3 Å². The Morgan fingerprint density at radius 2 is 1.60 bits per heavy atom. The number of carbonyl (C=O) groups is 2. The third-order valence-corrected chi connectivity index (χ3v) is 12.6. The molecule has 2 bridgehead atoms. The fourth-order valence-electron chi connectivity index (χ4n) is 8.05. The van der Waals surface area contributed by atoms with Gasteiger partial charge in [-0.15, -0.1) is 11.8 Å². The Balaban J connectivity index is 1.12. The minimum absolute atomic E-state index is 0.0735. The van der Waals surface area contributed by atoms with Crippen molar-refractivity contribution in [2.45, 2.75) is 35.4 Å². The standard InChI is InChI=1S/C33H24ClF3N2O4S2/c34-17-9-5-15(6-10-17)14-43-18-11-7-16(8-12-18)23-24-19-13-20(27(24)44-29-28(23)45-32(42)38-29)26-25(19)30(40)39(31(26)41)22-4-2-1-3-21(22)33(35,36)37/h1-12,19-20,23-27H,13-14H2,(H,38,42)/t19-,20-,23?,24?,25?,26?,27?/m1/s1. The lowest BCUT2D eigenvalue weighted by molar-refractivity contribution is -0.137. The zero-order valence-electron chi connectivity index (χ0n) is 23.3. The number of para-hydroxylation sites is 1. The van der Waals surface area contributed by atoms with Crippen LogP contribution in [0.25, 0.3) is 0 Å². The van der Waals surface area contributed by atoms with Crippen LogP contribution in [0.4, 0.5) is 18.9 Å². The molecular formula is C33H24ClF3N2O4S2. The number of alkyl halides is 3. The molecule has 4 aliphatic rings. The number of nitrogens with zero attached hydrogens (tertiary/aromatic N) is 1. The minimum Gasteiger partial charge on any atom is -0.489 e. The molecule has 2 aliphatic heterocycles. The largest absolute Gasteiger partial charge is 0.489 e. The number of rotatable bonds is 5. The number of fused-ring (bicyclic) bond motifs is 9. The number of thioether (sulfide) groups is 1. The van der Waals surface area contributed by atoms with E-state index in [1.807, 2.05) is 36.4 Å². The smallest absolute Gasteiger partial charge is 0.418 e. The first kappa shape index (κ1) is 28.9. The molecule has 230 valence electrons. The van der Waals surface area contributed by atoms with E-state index in [9.17, 15) is 27.6 Å². The second-order valence-corrected chi connectivity index (χ2v) is 14.6. The van der Waals surface area contributed by atoms with Gasteiger partial charge in [-0.1, -0.05) is 59.3 Å². The van der Waals surface area contributed by atoms with Gasteiger partial charge in [-0.25, -0.2) is 4.90 Å². The molecule has 1 N–H and O–H groups in total. The summed E-state index contributed by atoms with van der Waals surface area (Å²) >= 11 is 8.66. The Hall–Kier alpha value is -3.54. The number of aromatic nitrogens is 1. The van der Waals surface area contributed by atoms with E-state index in [0.29, 0.717) is 23.8 Å². The molecule has 4 aromatic rings. The quantitative estimate of drug-likeness (QED) is 0.225. The van der Waals surface area contributed by atoms with Gasteiger partial charge in [0.2, 0.25) is 11.8 Å². The normalized spacial score (nSPS) is 28.3. The third-order valence-electron chi connectivity index (χ3n) is 9.73. The molecule has 2 saturated carbocycles. The van der Waals surface area contributed by atoms with E-state index < -0.39 is 41.1 Å². The second kappa shape index (κ2) is 10.5. The molecule has 3 fully saturated rings. The van der Waals surface area contributed by atoms with Crippen LogP contribution in [0.1, 0.15) is 33.9 Å². The van der Waals surface area contributed by atoms with E-state index in [2.05, 4.69) is 4.98 Å². The number of nitrogens with one attached hydrogen (secondary N) is 1. The van der Waals surface area contributed by atoms with Crippen molar-refractivity contribution in [1.29, 1.82) is 0 Å². The highest BCUT2D eigenvalue weighted by Crippen LogP contribution is 2.68. The third kappa shape index (κ3) is 4.57. The molecule has 3 aromatic carbocycles. The van der Waals surface area contributed by atoms with Gasteiger partial charge in [0.1, 0.15) is 12.4 Å². The number of hydrogen-bond acceptors (Lipinski definition) is 6. The van der Waals surface area contributed by atoms with E-state index in [1.54, 1.807) is 12.1 Å². The molecular weight excluding hydrogens is 645 g/mol. The average molecular weight is 669 g/mol. The summed E-state index contributed by atoms with van der Waals surface area (Å²) in [4.78, 5) is 44.8. The number of anilines is 1. The fourth-order valence-corrected chi connectivity index (χ4v) is 11.1. The van der Waals surface area contributed by atoms with Crippen LogP contribution in [-0.2, 0) is 22.4 Å². The van der Waals surface area contributed by atoms with Crippen molar-refractivity contribution in [2.24, 2.45) is 29.6 Å². The van der Waals surface area contributed by atoms with Gasteiger partial charge in [0.05, 0.1) is 28.1 Å².